The van der Waals surface area contributed by atoms with Crippen LogP contribution in [0.3, 0.4) is 0 Å². The van der Waals surface area contributed by atoms with E-state index in [-0.39, 0.29) is 23.2 Å². The lowest BCUT2D eigenvalue weighted by Crippen LogP contribution is -2.49. The monoisotopic (exact) mass is 536 g/mol. The van der Waals surface area contributed by atoms with Gasteiger partial charge in [0, 0.05) is 29.2 Å². The number of carbonyl (C=O) groups is 1. The maximum absolute atomic E-state index is 13.6. The number of nitrogens with zero attached hydrogens (tertiary/aromatic N) is 3. The molecule has 5 rings (SSSR count). The third-order valence-electron chi connectivity index (χ3n) is 6.86. The first kappa shape index (κ1) is 25.6. The Bertz CT molecular complexity index is 1320. The van der Waals surface area contributed by atoms with Crippen molar-refractivity contribution in [3.8, 4) is 22.8 Å². The fourth-order valence-corrected chi connectivity index (χ4v) is 7.27. The van der Waals surface area contributed by atoms with Crippen molar-refractivity contribution in [2.75, 3.05) is 11.5 Å². The molecule has 3 heterocycles. The van der Waals surface area contributed by atoms with E-state index in [2.05, 4.69) is 15.0 Å². The molecular formula is C25H27F3N4O4S. The Labute approximate surface area is 213 Å². The van der Waals surface area contributed by atoms with Crippen molar-refractivity contribution in [3.05, 3.63) is 59.7 Å². The van der Waals surface area contributed by atoms with Crippen LogP contribution in [-0.2, 0) is 17.6 Å². The highest BCUT2D eigenvalue weighted by molar-refractivity contribution is 8.24. The second-order valence-corrected chi connectivity index (χ2v) is 12.1. The van der Waals surface area contributed by atoms with Crippen LogP contribution in [0.25, 0.3) is 17.1 Å². The number of nitrogens with one attached hydrogen (secondary N) is 1. The van der Waals surface area contributed by atoms with Crippen LogP contribution in [0.5, 0.6) is 5.75 Å². The van der Waals surface area contributed by atoms with Crippen LogP contribution in [-0.4, -0.2) is 53.4 Å². The molecule has 2 aromatic heterocycles. The van der Waals surface area contributed by atoms with Gasteiger partial charge < -0.3 is 10.1 Å². The standard InChI is InChI=1S/C25H27F3N4O4S/c1-25(9-10-37(34,35)14-25)30-23(33)16-5-7-19-20(12-16)32(21-8-6-17(26)13-29-21)31-22(19)15-3-2-4-18(11-15)36-24(27)28/h2-4,6,8,11,13,16,24,34-35H,5,7,9-10,12,14H2,1H3,(H,30,33). The quantitative estimate of drug-likeness (QED) is 0.417. The highest BCUT2D eigenvalue weighted by Gasteiger charge is 2.41. The third-order valence-corrected chi connectivity index (χ3v) is 8.82. The van der Waals surface area contributed by atoms with Gasteiger partial charge in [0.15, 0.2) is 5.82 Å². The first-order valence-electron chi connectivity index (χ1n) is 11.9. The van der Waals surface area contributed by atoms with E-state index in [4.69, 9.17) is 5.10 Å². The number of benzene rings is 1. The summed E-state index contributed by atoms with van der Waals surface area (Å²) in [5, 5.41) is 7.73. The Balaban J connectivity index is 1.48. The maximum Gasteiger partial charge on any atom is 0.387 e. The van der Waals surface area contributed by atoms with Gasteiger partial charge in [-0.05, 0) is 50.5 Å². The van der Waals surface area contributed by atoms with Crippen LogP contribution >= 0.6 is 10.6 Å². The third kappa shape index (κ3) is 5.46. The predicted molar refractivity (Wildman–Crippen MR) is 133 cm³/mol. The van der Waals surface area contributed by atoms with Gasteiger partial charge in [0.05, 0.1) is 28.9 Å². The number of aromatic nitrogens is 3. The van der Waals surface area contributed by atoms with E-state index in [1.807, 2.05) is 6.92 Å². The Hall–Kier alpha value is -3.09. The SMILES string of the molecule is CC1(NC(=O)C2CCc3c(-c4cccc(OC(F)F)c4)nn(-c4ccc(F)cn4)c3C2)CCS(O)(O)C1. The highest BCUT2D eigenvalue weighted by Crippen LogP contribution is 2.50. The van der Waals surface area contributed by atoms with Gasteiger partial charge in [-0.25, -0.2) is 14.1 Å². The number of halogens is 3. The van der Waals surface area contributed by atoms with Crippen molar-refractivity contribution in [2.24, 2.45) is 5.92 Å². The van der Waals surface area contributed by atoms with E-state index in [0.717, 1.165) is 17.5 Å². The van der Waals surface area contributed by atoms with Gasteiger partial charge in [0.2, 0.25) is 5.91 Å². The number of amides is 1. The molecule has 2 atom stereocenters. The van der Waals surface area contributed by atoms with Crippen molar-refractivity contribution in [1.29, 1.82) is 0 Å². The summed E-state index contributed by atoms with van der Waals surface area (Å²) in [6, 6.07) is 8.99. The molecule has 1 aliphatic carbocycles. The molecule has 2 aliphatic rings. The van der Waals surface area contributed by atoms with Crippen LogP contribution < -0.4 is 10.1 Å². The lowest BCUT2D eigenvalue weighted by molar-refractivity contribution is -0.126. The minimum absolute atomic E-state index is 0.000416. The fourth-order valence-electron chi connectivity index (χ4n) is 5.11. The zero-order valence-corrected chi connectivity index (χ0v) is 20.8. The van der Waals surface area contributed by atoms with Crippen LogP contribution in [0, 0.1) is 11.7 Å². The Morgan fingerprint density at radius 3 is 2.78 bits per heavy atom. The van der Waals surface area contributed by atoms with Crippen LogP contribution in [0.2, 0.25) is 0 Å². The van der Waals surface area contributed by atoms with E-state index in [9.17, 15) is 27.1 Å². The molecule has 0 saturated carbocycles. The highest BCUT2D eigenvalue weighted by atomic mass is 32.3. The van der Waals surface area contributed by atoms with Gasteiger partial charge >= 0.3 is 6.61 Å². The van der Waals surface area contributed by atoms with E-state index < -0.39 is 34.5 Å². The van der Waals surface area contributed by atoms with E-state index in [1.165, 1.54) is 24.3 Å². The van der Waals surface area contributed by atoms with Gasteiger partial charge in [0.25, 0.3) is 0 Å². The molecule has 3 aromatic rings. The average molecular weight is 537 g/mol. The van der Waals surface area contributed by atoms with Crippen molar-refractivity contribution in [2.45, 2.75) is 44.8 Å². The lowest BCUT2D eigenvalue weighted by Gasteiger charge is -2.32. The molecule has 8 nitrogen and oxygen atoms in total. The molecule has 1 aromatic carbocycles. The number of ether oxygens (including phenoxy) is 1. The molecule has 37 heavy (non-hydrogen) atoms. The summed E-state index contributed by atoms with van der Waals surface area (Å²) < 4.78 is 65.3. The summed E-state index contributed by atoms with van der Waals surface area (Å²) >= 11 is 0. The first-order chi connectivity index (χ1) is 17.5. The van der Waals surface area contributed by atoms with Gasteiger partial charge in [0.1, 0.15) is 11.6 Å². The number of pyridine rings is 1. The minimum Gasteiger partial charge on any atom is -0.435 e. The summed E-state index contributed by atoms with van der Waals surface area (Å²) in [6.07, 6.45) is 2.90. The zero-order valence-electron chi connectivity index (χ0n) is 20.0. The smallest absolute Gasteiger partial charge is 0.387 e. The lowest BCUT2D eigenvalue weighted by atomic mass is 9.84. The number of hydrogen-bond acceptors (Lipinski definition) is 6. The fraction of sp³-hybridized carbons (Fsp3) is 0.400. The first-order valence-corrected chi connectivity index (χ1v) is 13.7. The van der Waals surface area contributed by atoms with E-state index in [1.54, 1.807) is 16.8 Å². The summed E-state index contributed by atoms with van der Waals surface area (Å²) in [5.74, 6) is -0.333. The molecule has 3 N–H and O–H groups in total. The van der Waals surface area contributed by atoms with Crippen LogP contribution in [0.1, 0.15) is 31.0 Å². The van der Waals surface area contributed by atoms with Crippen molar-refractivity contribution in [3.63, 3.8) is 0 Å². The molecule has 12 heteroatoms. The molecule has 1 fully saturated rings. The molecule has 1 amide bonds. The second kappa shape index (κ2) is 9.66. The number of fused-ring (bicyclic) bond motifs is 1. The van der Waals surface area contributed by atoms with E-state index >= 15 is 0 Å². The summed E-state index contributed by atoms with van der Waals surface area (Å²) in [5.41, 5.74) is 2.01. The summed E-state index contributed by atoms with van der Waals surface area (Å²) in [4.78, 5) is 17.4. The average Bonchev–Trinajstić information content (AvgIpc) is 3.35. The van der Waals surface area contributed by atoms with Crippen molar-refractivity contribution < 1.29 is 31.8 Å². The summed E-state index contributed by atoms with van der Waals surface area (Å²) in [6.45, 7) is -1.14. The number of rotatable bonds is 6. The molecule has 0 radical (unpaired) electrons. The number of alkyl halides is 2. The molecule has 0 spiro atoms. The van der Waals surface area contributed by atoms with Gasteiger partial charge in [-0.15, -0.1) is 0 Å². The Morgan fingerprint density at radius 1 is 1.30 bits per heavy atom. The van der Waals surface area contributed by atoms with Gasteiger partial charge in [-0.1, -0.05) is 12.1 Å². The molecule has 198 valence electrons. The Kier molecular flexibility index (Phi) is 6.67. The summed E-state index contributed by atoms with van der Waals surface area (Å²) in [7, 11) is -2.69. The molecule has 1 aliphatic heterocycles. The van der Waals surface area contributed by atoms with Crippen molar-refractivity contribution in [1.82, 2.24) is 20.1 Å². The Morgan fingerprint density at radius 2 is 2.11 bits per heavy atom. The van der Waals surface area contributed by atoms with E-state index in [0.29, 0.717) is 42.8 Å². The largest absolute Gasteiger partial charge is 0.435 e. The zero-order chi connectivity index (χ0) is 26.4. The van der Waals surface area contributed by atoms with Crippen molar-refractivity contribution >= 4 is 16.5 Å². The normalized spacial score (nSPS) is 23.5. The topological polar surface area (TPSA) is 110 Å². The molecule has 2 unspecified atom stereocenters. The second-order valence-electron chi connectivity index (χ2n) is 9.82. The van der Waals surface area contributed by atoms with Gasteiger partial charge in [-0.3, -0.25) is 13.9 Å². The van der Waals surface area contributed by atoms with Crippen LogP contribution in [0.4, 0.5) is 13.2 Å². The molecular weight excluding hydrogens is 509 g/mol. The molecule has 1 saturated heterocycles. The molecule has 0 bridgehead atoms. The minimum atomic E-state index is -2.96. The maximum atomic E-state index is 13.6. The van der Waals surface area contributed by atoms with Crippen LogP contribution in [0.15, 0.2) is 42.6 Å². The number of carbonyl (C=O) groups excluding carboxylic acids is 1. The van der Waals surface area contributed by atoms with Gasteiger partial charge in [-0.2, -0.15) is 24.5 Å². The predicted octanol–water partition coefficient (Wildman–Crippen LogP) is 4.81. The number of hydrogen-bond donors (Lipinski definition) is 3.